The Balaban J connectivity index is 1.89. The predicted octanol–water partition coefficient (Wildman–Crippen LogP) is 5.03. The van der Waals surface area contributed by atoms with Crippen LogP contribution in [0.1, 0.15) is 11.4 Å². The Kier molecular flexibility index (Phi) is 5.18. The van der Waals surface area contributed by atoms with Gasteiger partial charge in [-0.05, 0) is 60.2 Å². The summed E-state index contributed by atoms with van der Waals surface area (Å²) in [5, 5.41) is 10.3. The molecule has 0 bridgehead atoms. The van der Waals surface area contributed by atoms with Crippen LogP contribution in [0.2, 0.25) is 0 Å². The number of methoxy groups -OCH3 is 1. The fourth-order valence-electron chi connectivity index (χ4n) is 3.07. The fourth-order valence-corrected chi connectivity index (χ4v) is 3.33. The number of aromatic nitrogens is 2. The Morgan fingerprint density at radius 1 is 1.03 bits per heavy atom. The van der Waals surface area contributed by atoms with Crippen LogP contribution >= 0.6 is 15.9 Å². The molecule has 0 saturated heterocycles. The highest BCUT2D eigenvalue weighted by molar-refractivity contribution is 9.10. The summed E-state index contributed by atoms with van der Waals surface area (Å²) in [6, 6.07) is 19.8. The van der Waals surface area contributed by atoms with Crippen molar-refractivity contribution in [3.8, 4) is 17.2 Å². The van der Waals surface area contributed by atoms with Crippen molar-refractivity contribution < 1.29 is 9.84 Å². The summed E-state index contributed by atoms with van der Waals surface area (Å²) in [7, 11) is 1.50. The minimum absolute atomic E-state index is 0.0697. The highest BCUT2D eigenvalue weighted by Gasteiger charge is 2.11. The van der Waals surface area contributed by atoms with Gasteiger partial charge >= 0.3 is 0 Å². The van der Waals surface area contributed by atoms with Crippen LogP contribution in [0.4, 0.5) is 0 Å². The summed E-state index contributed by atoms with van der Waals surface area (Å²) in [4.78, 5) is 17.9. The van der Waals surface area contributed by atoms with Gasteiger partial charge in [-0.3, -0.25) is 9.36 Å². The van der Waals surface area contributed by atoms with E-state index in [2.05, 4.69) is 15.9 Å². The summed E-state index contributed by atoms with van der Waals surface area (Å²) in [6.45, 7) is 0. The van der Waals surface area contributed by atoms with Crippen LogP contribution in [0.15, 0.2) is 76.0 Å². The summed E-state index contributed by atoms with van der Waals surface area (Å²) in [5.41, 5.74) is 2.03. The van der Waals surface area contributed by atoms with Crippen molar-refractivity contribution in [3.63, 3.8) is 0 Å². The average Bonchev–Trinajstić information content (AvgIpc) is 2.74. The number of benzene rings is 3. The number of para-hydroxylation sites is 1. The normalized spacial score (nSPS) is 11.2. The number of phenolic OH excluding ortho intramolecular Hbond substituents is 1. The van der Waals surface area contributed by atoms with E-state index in [0.717, 1.165) is 15.7 Å². The van der Waals surface area contributed by atoms with Gasteiger partial charge in [-0.25, -0.2) is 4.98 Å². The number of fused-ring (bicyclic) bond motifs is 1. The maximum absolute atomic E-state index is 13.2. The number of phenols is 1. The lowest BCUT2D eigenvalue weighted by Gasteiger charge is -2.11. The monoisotopic (exact) mass is 448 g/mol. The second-order valence-corrected chi connectivity index (χ2v) is 7.28. The number of hydrogen-bond donors (Lipinski definition) is 1. The van der Waals surface area contributed by atoms with Crippen LogP contribution in [-0.2, 0) is 0 Å². The molecule has 0 saturated carbocycles. The number of halogens is 1. The van der Waals surface area contributed by atoms with Crippen LogP contribution in [0.25, 0.3) is 28.7 Å². The molecule has 1 aromatic heterocycles. The van der Waals surface area contributed by atoms with Crippen molar-refractivity contribution in [3.05, 3.63) is 92.9 Å². The zero-order chi connectivity index (χ0) is 20.4. The third-order valence-corrected chi connectivity index (χ3v) is 5.04. The van der Waals surface area contributed by atoms with Crippen molar-refractivity contribution in [1.82, 2.24) is 9.55 Å². The number of nitrogens with zero attached hydrogens (tertiary/aromatic N) is 2. The van der Waals surface area contributed by atoms with Gasteiger partial charge in [-0.15, -0.1) is 0 Å². The molecular formula is C23H17BrN2O3. The molecule has 3 aromatic carbocycles. The highest BCUT2D eigenvalue weighted by Crippen LogP contribution is 2.27. The van der Waals surface area contributed by atoms with Crippen molar-refractivity contribution >= 4 is 39.0 Å². The van der Waals surface area contributed by atoms with E-state index in [1.807, 2.05) is 48.5 Å². The van der Waals surface area contributed by atoms with E-state index in [1.165, 1.54) is 7.11 Å². The van der Waals surface area contributed by atoms with Gasteiger partial charge in [0.15, 0.2) is 11.5 Å². The minimum Gasteiger partial charge on any atom is -0.504 e. The van der Waals surface area contributed by atoms with E-state index in [-0.39, 0.29) is 11.3 Å². The highest BCUT2D eigenvalue weighted by atomic mass is 79.9. The molecule has 4 aromatic rings. The number of aromatic hydroxyl groups is 1. The average molecular weight is 449 g/mol. The third-order valence-electron chi connectivity index (χ3n) is 4.52. The fraction of sp³-hybridized carbons (Fsp3) is 0.0435. The van der Waals surface area contributed by atoms with Gasteiger partial charge in [0.05, 0.1) is 23.7 Å². The van der Waals surface area contributed by atoms with E-state index in [0.29, 0.717) is 22.5 Å². The lowest BCUT2D eigenvalue weighted by atomic mass is 10.1. The second kappa shape index (κ2) is 7.93. The second-order valence-electron chi connectivity index (χ2n) is 6.37. The molecule has 0 radical (unpaired) electrons. The van der Waals surface area contributed by atoms with Gasteiger partial charge in [0.25, 0.3) is 5.56 Å². The molecule has 4 rings (SSSR count). The first-order valence-electron chi connectivity index (χ1n) is 8.89. The quantitative estimate of drug-likeness (QED) is 0.475. The summed E-state index contributed by atoms with van der Waals surface area (Å²) >= 11 is 3.43. The first-order valence-corrected chi connectivity index (χ1v) is 9.69. The summed E-state index contributed by atoms with van der Waals surface area (Å²) in [6.07, 6.45) is 3.61. The van der Waals surface area contributed by atoms with Gasteiger partial charge in [-0.2, -0.15) is 0 Å². The molecule has 0 aliphatic carbocycles. The molecule has 0 fully saturated rings. The van der Waals surface area contributed by atoms with E-state index < -0.39 is 0 Å². The van der Waals surface area contributed by atoms with Crippen molar-refractivity contribution in [1.29, 1.82) is 0 Å². The Morgan fingerprint density at radius 3 is 2.55 bits per heavy atom. The number of hydrogen-bond acceptors (Lipinski definition) is 4. The topological polar surface area (TPSA) is 64.3 Å². The molecule has 0 aliphatic heterocycles. The maximum atomic E-state index is 13.2. The maximum Gasteiger partial charge on any atom is 0.266 e. The van der Waals surface area contributed by atoms with Gasteiger partial charge in [0.1, 0.15) is 5.82 Å². The number of ether oxygens (including phenoxy) is 1. The molecule has 29 heavy (non-hydrogen) atoms. The van der Waals surface area contributed by atoms with Crippen LogP contribution < -0.4 is 10.3 Å². The molecule has 5 nitrogen and oxygen atoms in total. The molecule has 1 heterocycles. The first kappa shape index (κ1) is 19.0. The molecule has 6 heteroatoms. The Labute approximate surface area is 175 Å². The Bertz CT molecular complexity index is 1280. The largest absolute Gasteiger partial charge is 0.504 e. The molecule has 1 N–H and O–H groups in total. The predicted molar refractivity (Wildman–Crippen MR) is 119 cm³/mol. The van der Waals surface area contributed by atoms with Gasteiger partial charge < -0.3 is 9.84 Å². The zero-order valence-electron chi connectivity index (χ0n) is 15.5. The molecule has 0 spiro atoms. The van der Waals surface area contributed by atoms with Crippen molar-refractivity contribution in [2.24, 2.45) is 0 Å². The van der Waals surface area contributed by atoms with Gasteiger partial charge in [0.2, 0.25) is 0 Å². The summed E-state index contributed by atoms with van der Waals surface area (Å²) < 4.78 is 7.67. The standard InChI is InChI=1S/C23H17BrN2O3/c1-29-21-14-15(6-12-20(21)27)7-13-22-25-19-5-3-2-4-18(19)23(28)26(22)17-10-8-16(24)9-11-17/h2-14,27H,1H3. The molecular weight excluding hydrogens is 432 g/mol. The van der Waals surface area contributed by atoms with Crippen LogP contribution in [-0.4, -0.2) is 21.8 Å². The molecule has 0 amide bonds. The van der Waals surface area contributed by atoms with Crippen LogP contribution in [0.3, 0.4) is 0 Å². The van der Waals surface area contributed by atoms with Gasteiger partial charge in [-0.1, -0.05) is 40.2 Å². The van der Waals surface area contributed by atoms with Crippen molar-refractivity contribution in [2.75, 3.05) is 7.11 Å². The third kappa shape index (κ3) is 3.79. The van der Waals surface area contributed by atoms with E-state index >= 15 is 0 Å². The van der Waals surface area contributed by atoms with E-state index in [9.17, 15) is 9.90 Å². The van der Waals surface area contributed by atoms with E-state index in [1.54, 1.807) is 34.9 Å². The number of rotatable bonds is 4. The molecule has 0 aliphatic rings. The minimum atomic E-state index is -0.138. The Morgan fingerprint density at radius 2 is 1.79 bits per heavy atom. The SMILES string of the molecule is COc1cc(C=Cc2nc3ccccc3c(=O)n2-c2ccc(Br)cc2)ccc1O. The molecule has 0 unspecified atom stereocenters. The smallest absolute Gasteiger partial charge is 0.266 e. The van der Waals surface area contributed by atoms with Crippen LogP contribution in [0.5, 0.6) is 11.5 Å². The molecule has 144 valence electrons. The van der Waals surface area contributed by atoms with Crippen molar-refractivity contribution in [2.45, 2.75) is 0 Å². The molecule has 0 atom stereocenters. The van der Waals surface area contributed by atoms with Gasteiger partial charge in [0, 0.05) is 4.47 Å². The Hall–Kier alpha value is -3.38. The van der Waals surface area contributed by atoms with E-state index in [4.69, 9.17) is 9.72 Å². The lowest BCUT2D eigenvalue weighted by molar-refractivity contribution is 0.373. The first-order chi connectivity index (χ1) is 14.1. The zero-order valence-corrected chi connectivity index (χ0v) is 17.1. The van der Waals surface area contributed by atoms with Crippen LogP contribution in [0, 0.1) is 0 Å². The lowest BCUT2D eigenvalue weighted by Crippen LogP contribution is -2.22. The summed E-state index contributed by atoms with van der Waals surface area (Å²) in [5.74, 6) is 0.951.